The monoisotopic (exact) mass is 244 g/mol. The number of aryl methyl sites for hydroxylation is 1. The van der Waals surface area contributed by atoms with E-state index in [0.717, 1.165) is 18.4 Å². The third-order valence-corrected chi connectivity index (χ3v) is 3.32. The van der Waals surface area contributed by atoms with Gasteiger partial charge in [-0.1, -0.05) is 25.1 Å². The average molecular weight is 244 g/mol. The van der Waals surface area contributed by atoms with E-state index >= 15 is 0 Å². The van der Waals surface area contributed by atoms with Crippen LogP contribution in [0, 0.1) is 0 Å². The second-order valence-electron chi connectivity index (χ2n) is 4.74. The number of rotatable bonds is 5. The van der Waals surface area contributed by atoms with Crippen molar-refractivity contribution in [3.63, 3.8) is 0 Å². The van der Waals surface area contributed by atoms with Crippen LogP contribution < -0.4 is 5.32 Å². The zero-order chi connectivity index (χ0) is 13.0. The molecule has 0 spiro atoms. The van der Waals surface area contributed by atoms with Crippen LogP contribution in [0.5, 0.6) is 0 Å². The Hall–Kier alpha value is -1.77. The molecule has 96 valence electrons. The topological polar surface area (TPSA) is 44.9 Å². The molecule has 1 aromatic carbocycles. The Morgan fingerprint density at radius 3 is 2.94 bits per heavy atom. The lowest BCUT2D eigenvalue weighted by Gasteiger charge is -2.10. The summed E-state index contributed by atoms with van der Waals surface area (Å²) in [6, 6.07) is 8.45. The number of aromatic amines is 1. The molecule has 3 nitrogen and oxygen atoms in total. The van der Waals surface area contributed by atoms with Crippen LogP contribution in [-0.4, -0.2) is 16.9 Å². The molecule has 0 fully saturated rings. The van der Waals surface area contributed by atoms with Gasteiger partial charge in [0, 0.05) is 29.6 Å². The van der Waals surface area contributed by atoms with Gasteiger partial charge in [-0.15, -0.1) is 0 Å². The molecule has 3 heteroatoms. The molecule has 1 atom stereocenters. The fraction of sp³-hybridized carbons (Fsp3) is 0.400. The van der Waals surface area contributed by atoms with Gasteiger partial charge in [-0.2, -0.15) is 0 Å². The summed E-state index contributed by atoms with van der Waals surface area (Å²) in [6.07, 6.45) is 4.30. The van der Waals surface area contributed by atoms with Crippen molar-refractivity contribution >= 4 is 16.8 Å². The van der Waals surface area contributed by atoms with Crippen molar-refractivity contribution in [3.05, 3.63) is 36.0 Å². The van der Waals surface area contributed by atoms with Gasteiger partial charge in [0.2, 0.25) is 5.91 Å². The van der Waals surface area contributed by atoms with Crippen LogP contribution in [-0.2, 0) is 11.2 Å². The molecule has 0 radical (unpaired) electrons. The molecule has 0 saturated heterocycles. The number of hydrogen-bond acceptors (Lipinski definition) is 1. The van der Waals surface area contributed by atoms with E-state index in [2.05, 4.69) is 29.4 Å². The van der Waals surface area contributed by atoms with Gasteiger partial charge >= 0.3 is 0 Å². The number of aromatic nitrogens is 1. The van der Waals surface area contributed by atoms with Crippen molar-refractivity contribution in [1.29, 1.82) is 0 Å². The molecular formula is C15H20N2O. The first-order valence-electron chi connectivity index (χ1n) is 6.55. The van der Waals surface area contributed by atoms with E-state index in [-0.39, 0.29) is 11.9 Å². The zero-order valence-corrected chi connectivity index (χ0v) is 11.0. The maximum absolute atomic E-state index is 11.7. The molecule has 2 N–H and O–H groups in total. The molecule has 1 amide bonds. The van der Waals surface area contributed by atoms with Gasteiger partial charge in [-0.3, -0.25) is 4.79 Å². The largest absolute Gasteiger partial charge is 0.361 e. The minimum Gasteiger partial charge on any atom is -0.361 e. The highest BCUT2D eigenvalue weighted by molar-refractivity contribution is 5.84. The summed E-state index contributed by atoms with van der Waals surface area (Å²) in [5.41, 5.74) is 2.35. The number of H-pyrrole nitrogens is 1. The molecule has 18 heavy (non-hydrogen) atoms. The number of benzene rings is 1. The molecule has 0 unspecified atom stereocenters. The van der Waals surface area contributed by atoms with E-state index in [1.165, 1.54) is 10.9 Å². The van der Waals surface area contributed by atoms with Crippen LogP contribution in [0.4, 0.5) is 0 Å². The summed E-state index contributed by atoms with van der Waals surface area (Å²) in [4.78, 5) is 15.0. The van der Waals surface area contributed by atoms with Gasteiger partial charge in [0.1, 0.15) is 0 Å². The van der Waals surface area contributed by atoms with Crippen LogP contribution in [0.25, 0.3) is 10.9 Å². The summed E-state index contributed by atoms with van der Waals surface area (Å²) < 4.78 is 0. The maximum atomic E-state index is 11.7. The van der Waals surface area contributed by atoms with Crippen LogP contribution in [0.2, 0.25) is 0 Å². The van der Waals surface area contributed by atoms with Gasteiger partial charge in [-0.25, -0.2) is 0 Å². The number of amides is 1. The molecule has 0 bridgehead atoms. The Morgan fingerprint density at radius 2 is 2.17 bits per heavy atom. The normalized spacial score (nSPS) is 12.6. The number of hydrogen-bond donors (Lipinski definition) is 2. The Morgan fingerprint density at radius 1 is 1.39 bits per heavy atom. The summed E-state index contributed by atoms with van der Waals surface area (Å²) in [6.45, 7) is 4.11. The van der Waals surface area contributed by atoms with Crippen LogP contribution >= 0.6 is 0 Å². The molecule has 2 rings (SSSR count). The molecule has 1 aromatic heterocycles. The van der Waals surface area contributed by atoms with Crippen molar-refractivity contribution in [3.8, 4) is 0 Å². The first-order valence-corrected chi connectivity index (χ1v) is 6.55. The Labute approximate surface area is 108 Å². The van der Waals surface area contributed by atoms with Gasteiger partial charge < -0.3 is 10.3 Å². The first kappa shape index (κ1) is 12.7. The minimum atomic E-state index is 0.134. The average Bonchev–Trinajstić information content (AvgIpc) is 2.79. The molecule has 1 heterocycles. The van der Waals surface area contributed by atoms with Crippen molar-refractivity contribution < 1.29 is 4.79 Å². The van der Waals surface area contributed by atoms with E-state index in [4.69, 9.17) is 0 Å². The number of carbonyl (C=O) groups is 1. The van der Waals surface area contributed by atoms with Crippen LogP contribution in [0.15, 0.2) is 30.5 Å². The third kappa shape index (κ3) is 2.92. The van der Waals surface area contributed by atoms with E-state index < -0.39 is 0 Å². The predicted molar refractivity (Wildman–Crippen MR) is 74.5 cm³/mol. The van der Waals surface area contributed by atoms with Gasteiger partial charge in [0.25, 0.3) is 0 Å². The molecule has 2 aromatic rings. The Kier molecular flexibility index (Phi) is 4.03. The zero-order valence-electron chi connectivity index (χ0n) is 11.0. The van der Waals surface area contributed by atoms with Crippen molar-refractivity contribution in [2.75, 3.05) is 0 Å². The van der Waals surface area contributed by atoms with Gasteiger partial charge in [0.15, 0.2) is 0 Å². The smallest absolute Gasteiger partial charge is 0.220 e. The van der Waals surface area contributed by atoms with Crippen LogP contribution in [0.1, 0.15) is 32.3 Å². The van der Waals surface area contributed by atoms with Crippen molar-refractivity contribution in [1.82, 2.24) is 10.3 Å². The van der Waals surface area contributed by atoms with Crippen molar-refractivity contribution in [2.24, 2.45) is 0 Å². The standard InChI is InChI=1S/C15H20N2O/c1-3-11(2)17-15(18)9-8-12-10-16-14-7-5-4-6-13(12)14/h4-7,10-11,16H,3,8-9H2,1-2H3,(H,17,18)/t11-/m0/s1. The molecule has 0 aliphatic rings. The number of nitrogens with one attached hydrogen (secondary N) is 2. The van der Waals surface area contributed by atoms with Crippen molar-refractivity contribution in [2.45, 2.75) is 39.2 Å². The summed E-state index contributed by atoms with van der Waals surface area (Å²) in [5.74, 6) is 0.134. The number of para-hydroxylation sites is 1. The highest BCUT2D eigenvalue weighted by Crippen LogP contribution is 2.18. The SMILES string of the molecule is CC[C@H](C)NC(=O)CCc1c[nH]c2ccccc12. The van der Waals surface area contributed by atoms with Crippen LogP contribution in [0.3, 0.4) is 0 Å². The Balaban J connectivity index is 1.96. The lowest BCUT2D eigenvalue weighted by molar-refractivity contribution is -0.121. The second-order valence-corrected chi connectivity index (χ2v) is 4.74. The predicted octanol–water partition coefficient (Wildman–Crippen LogP) is 3.02. The fourth-order valence-electron chi connectivity index (χ4n) is 2.04. The minimum absolute atomic E-state index is 0.134. The third-order valence-electron chi connectivity index (χ3n) is 3.32. The number of fused-ring (bicyclic) bond motifs is 1. The van der Waals surface area contributed by atoms with Gasteiger partial charge in [-0.05, 0) is 31.4 Å². The van der Waals surface area contributed by atoms with E-state index in [0.29, 0.717) is 6.42 Å². The van der Waals surface area contributed by atoms with E-state index in [1.54, 1.807) is 0 Å². The summed E-state index contributed by atoms with van der Waals surface area (Å²) >= 11 is 0. The van der Waals surface area contributed by atoms with E-state index in [9.17, 15) is 4.79 Å². The molecule has 0 saturated carbocycles. The van der Waals surface area contributed by atoms with Gasteiger partial charge in [0.05, 0.1) is 0 Å². The summed E-state index contributed by atoms with van der Waals surface area (Å²) in [5, 5.41) is 4.21. The molecule has 0 aliphatic heterocycles. The highest BCUT2D eigenvalue weighted by Gasteiger charge is 2.08. The highest BCUT2D eigenvalue weighted by atomic mass is 16.1. The quantitative estimate of drug-likeness (QED) is 0.834. The number of carbonyl (C=O) groups excluding carboxylic acids is 1. The molecular weight excluding hydrogens is 224 g/mol. The second kappa shape index (κ2) is 5.71. The first-order chi connectivity index (χ1) is 8.70. The lowest BCUT2D eigenvalue weighted by atomic mass is 10.1. The van der Waals surface area contributed by atoms with E-state index in [1.807, 2.05) is 25.3 Å². The Bertz CT molecular complexity index is 530. The maximum Gasteiger partial charge on any atom is 0.220 e. The summed E-state index contributed by atoms with van der Waals surface area (Å²) in [7, 11) is 0. The lowest BCUT2D eigenvalue weighted by Crippen LogP contribution is -2.31. The molecule has 0 aliphatic carbocycles. The fourth-order valence-corrected chi connectivity index (χ4v) is 2.04.